The molecule has 3 aromatic carbocycles. The van der Waals surface area contributed by atoms with Crippen molar-refractivity contribution in [3.05, 3.63) is 100 Å². The first-order valence-corrected chi connectivity index (χ1v) is 8.89. The molecule has 29 heavy (non-hydrogen) atoms. The van der Waals surface area contributed by atoms with Crippen molar-refractivity contribution >= 4 is 11.7 Å². The summed E-state index contributed by atoms with van der Waals surface area (Å²) in [5.74, 6) is 0.549. The number of rotatable bonds is 9. The molecule has 0 radical (unpaired) electrons. The second-order valence-corrected chi connectivity index (χ2v) is 6.08. The molecule has 0 saturated carbocycles. The molecule has 7 nitrogen and oxygen atoms in total. The van der Waals surface area contributed by atoms with E-state index in [1.807, 2.05) is 30.3 Å². The van der Waals surface area contributed by atoms with Crippen LogP contribution in [0, 0.1) is 10.1 Å². The summed E-state index contributed by atoms with van der Waals surface area (Å²) in [7, 11) is 0. The highest BCUT2D eigenvalue weighted by molar-refractivity contribution is 5.71. The minimum absolute atomic E-state index is 0.0905. The van der Waals surface area contributed by atoms with Gasteiger partial charge in [-0.15, -0.1) is 0 Å². The molecule has 0 fully saturated rings. The van der Waals surface area contributed by atoms with Gasteiger partial charge in [-0.25, -0.2) is 4.79 Å². The zero-order valence-electron chi connectivity index (χ0n) is 15.5. The molecular weight excluding hydrogens is 374 g/mol. The number of nitro groups is 1. The molecule has 0 aromatic heterocycles. The zero-order chi connectivity index (χ0) is 20.5. The Labute approximate surface area is 167 Å². The summed E-state index contributed by atoms with van der Waals surface area (Å²) in [6, 6.07) is 22.8. The minimum Gasteiger partial charge on any atom is -0.489 e. The van der Waals surface area contributed by atoms with Gasteiger partial charge in [0.2, 0.25) is 0 Å². The average molecular weight is 393 g/mol. The number of carbonyl (C=O) groups is 1. The van der Waals surface area contributed by atoms with Crippen molar-refractivity contribution < 1.29 is 23.9 Å². The summed E-state index contributed by atoms with van der Waals surface area (Å²) in [6.45, 7) is -0.0323. The molecule has 0 amide bonds. The fourth-order valence-corrected chi connectivity index (χ4v) is 2.53. The summed E-state index contributed by atoms with van der Waals surface area (Å²) in [5.41, 5.74) is 1.30. The van der Waals surface area contributed by atoms with Crippen LogP contribution in [0.1, 0.15) is 11.1 Å². The van der Waals surface area contributed by atoms with Crippen molar-refractivity contribution in [1.82, 2.24) is 0 Å². The highest BCUT2D eigenvalue weighted by atomic mass is 16.6. The SMILES string of the molecule is O=C(COc1ccc(OCc2ccccc2)cc1)OCc1ccccc1[N+](=O)[O-]. The molecule has 148 valence electrons. The first-order chi connectivity index (χ1) is 14.1. The van der Waals surface area contributed by atoms with Gasteiger partial charge in [0.15, 0.2) is 6.61 Å². The van der Waals surface area contributed by atoms with E-state index < -0.39 is 10.9 Å². The summed E-state index contributed by atoms with van der Waals surface area (Å²) in [6.07, 6.45) is 0. The largest absolute Gasteiger partial charge is 0.489 e. The van der Waals surface area contributed by atoms with Crippen LogP contribution >= 0.6 is 0 Å². The molecule has 0 N–H and O–H groups in total. The number of para-hydroxylation sites is 1. The van der Waals surface area contributed by atoms with Gasteiger partial charge >= 0.3 is 5.97 Å². The Kier molecular flexibility index (Phi) is 6.78. The van der Waals surface area contributed by atoms with E-state index in [1.165, 1.54) is 6.07 Å². The Morgan fingerprint density at radius 3 is 2.10 bits per heavy atom. The van der Waals surface area contributed by atoms with Crippen molar-refractivity contribution in [1.29, 1.82) is 0 Å². The van der Waals surface area contributed by atoms with E-state index >= 15 is 0 Å². The standard InChI is InChI=1S/C22H19NO6/c24-22(29-15-18-8-4-5-9-21(18)23(25)26)16-28-20-12-10-19(11-13-20)27-14-17-6-2-1-3-7-17/h1-13H,14-16H2. The van der Waals surface area contributed by atoms with Crippen molar-refractivity contribution in [2.24, 2.45) is 0 Å². The van der Waals surface area contributed by atoms with Crippen LogP contribution in [0.4, 0.5) is 5.69 Å². The third-order valence-electron chi connectivity index (χ3n) is 4.01. The Morgan fingerprint density at radius 1 is 0.793 bits per heavy atom. The van der Waals surface area contributed by atoms with Gasteiger partial charge in [-0.05, 0) is 35.9 Å². The molecule has 0 atom stereocenters. The van der Waals surface area contributed by atoms with E-state index in [0.29, 0.717) is 23.7 Å². The van der Waals surface area contributed by atoms with Crippen molar-refractivity contribution in [3.8, 4) is 11.5 Å². The van der Waals surface area contributed by atoms with Crippen LogP contribution in [0.2, 0.25) is 0 Å². The van der Waals surface area contributed by atoms with E-state index in [9.17, 15) is 14.9 Å². The number of hydrogen-bond acceptors (Lipinski definition) is 6. The molecule has 7 heteroatoms. The number of nitro benzene ring substituents is 1. The average Bonchev–Trinajstić information content (AvgIpc) is 2.76. The maximum atomic E-state index is 11.9. The normalized spacial score (nSPS) is 10.2. The van der Waals surface area contributed by atoms with Crippen LogP contribution in [0.3, 0.4) is 0 Å². The van der Waals surface area contributed by atoms with E-state index in [1.54, 1.807) is 42.5 Å². The van der Waals surface area contributed by atoms with Crippen molar-refractivity contribution in [2.75, 3.05) is 6.61 Å². The van der Waals surface area contributed by atoms with Gasteiger partial charge in [-0.3, -0.25) is 10.1 Å². The number of hydrogen-bond donors (Lipinski definition) is 0. The third kappa shape index (κ3) is 6.07. The second kappa shape index (κ2) is 9.89. The Morgan fingerprint density at radius 2 is 1.41 bits per heavy atom. The van der Waals surface area contributed by atoms with Gasteiger partial charge in [0.1, 0.15) is 24.7 Å². The van der Waals surface area contributed by atoms with Crippen LogP contribution in [0.25, 0.3) is 0 Å². The van der Waals surface area contributed by atoms with Crippen LogP contribution in [0.15, 0.2) is 78.9 Å². The number of nitrogens with zero attached hydrogens (tertiary/aromatic N) is 1. The molecule has 3 aromatic rings. The topological polar surface area (TPSA) is 87.9 Å². The quantitative estimate of drug-likeness (QED) is 0.306. The molecule has 0 bridgehead atoms. The van der Waals surface area contributed by atoms with Gasteiger partial charge < -0.3 is 14.2 Å². The highest BCUT2D eigenvalue weighted by Crippen LogP contribution is 2.20. The highest BCUT2D eigenvalue weighted by Gasteiger charge is 2.14. The Bertz CT molecular complexity index is 957. The summed E-state index contributed by atoms with van der Waals surface area (Å²) in [4.78, 5) is 22.3. The van der Waals surface area contributed by atoms with Crippen LogP contribution in [-0.4, -0.2) is 17.5 Å². The van der Waals surface area contributed by atoms with Gasteiger partial charge in [-0.2, -0.15) is 0 Å². The lowest BCUT2D eigenvalue weighted by Crippen LogP contribution is -2.15. The Hall–Kier alpha value is -3.87. The van der Waals surface area contributed by atoms with Gasteiger partial charge in [0.25, 0.3) is 5.69 Å². The molecule has 0 saturated heterocycles. The molecule has 0 aliphatic heterocycles. The summed E-state index contributed by atoms with van der Waals surface area (Å²) in [5, 5.41) is 11.0. The molecule has 0 spiro atoms. The van der Waals surface area contributed by atoms with Crippen LogP contribution in [0.5, 0.6) is 11.5 Å². The van der Waals surface area contributed by atoms with Crippen molar-refractivity contribution in [3.63, 3.8) is 0 Å². The van der Waals surface area contributed by atoms with Gasteiger partial charge in [-0.1, -0.05) is 42.5 Å². The van der Waals surface area contributed by atoms with E-state index in [2.05, 4.69) is 0 Å². The third-order valence-corrected chi connectivity index (χ3v) is 4.01. The second-order valence-electron chi connectivity index (χ2n) is 6.08. The van der Waals surface area contributed by atoms with Gasteiger partial charge in [0.05, 0.1) is 10.5 Å². The predicted molar refractivity (Wildman–Crippen MR) is 106 cm³/mol. The van der Waals surface area contributed by atoms with E-state index in [0.717, 1.165) is 5.56 Å². The van der Waals surface area contributed by atoms with Crippen molar-refractivity contribution in [2.45, 2.75) is 13.2 Å². The molecule has 3 rings (SSSR count). The van der Waals surface area contributed by atoms with E-state index in [4.69, 9.17) is 14.2 Å². The van der Waals surface area contributed by atoms with Crippen LogP contribution < -0.4 is 9.47 Å². The monoisotopic (exact) mass is 393 g/mol. The summed E-state index contributed by atoms with van der Waals surface area (Å²) >= 11 is 0. The Balaban J connectivity index is 1.44. The fraction of sp³-hybridized carbons (Fsp3) is 0.136. The minimum atomic E-state index is -0.618. The van der Waals surface area contributed by atoms with E-state index in [-0.39, 0.29) is 18.9 Å². The molecule has 0 aliphatic rings. The molecule has 0 aliphatic carbocycles. The lowest BCUT2D eigenvalue weighted by atomic mass is 10.2. The maximum absolute atomic E-state index is 11.9. The number of ether oxygens (including phenoxy) is 3. The zero-order valence-corrected chi connectivity index (χ0v) is 15.5. The smallest absolute Gasteiger partial charge is 0.344 e. The number of benzene rings is 3. The molecule has 0 unspecified atom stereocenters. The first kappa shape index (κ1) is 19.9. The fourth-order valence-electron chi connectivity index (χ4n) is 2.53. The lowest BCUT2D eigenvalue weighted by Gasteiger charge is -2.09. The van der Waals surface area contributed by atoms with Crippen LogP contribution in [-0.2, 0) is 22.7 Å². The maximum Gasteiger partial charge on any atom is 0.344 e. The number of esters is 1. The van der Waals surface area contributed by atoms with Gasteiger partial charge in [0, 0.05) is 6.07 Å². The first-order valence-electron chi connectivity index (χ1n) is 8.89. The molecular formula is C22H19NO6. The number of carbonyl (C=O) groups excluding carboxylic acids is 1. The predicted octanol–water partition coefficient (Wildman–Crippen LogP) is 4.30. The molecule has 0 heterocycles. The summed E-state index contributed by atoms with van der Waals surface area (Å²) < 4.78 is 16.1. The lowest BCUT2D eigenvalue weighted by molar-refractivity contribution is -0.385.